The molecule has 52 valence electrons. The summed E-state index contributed by atoms with van der Waals surface area (Å²) in [6.45, 7) is 2.16. The molecule has 2 fully saturated rings. The van der Waals surface area contributed by atoms with Crippen LogP contribution in [0.2, 0.25) is 0 Å². The van der Waals surface area contributed by atoms with Crippen molar-refractivity contribution in [3.8, 4) is 0 Å². The average molecular weight is 127 g/mol. The summed E-state index contributed by atoms with van der Waals surface area (Å²) in [7, 11) is 0. The smallest absolute Gasteiger partial charge is 0.0682 e. The molecule has 2 aliphatic heterocycles. The van der Waals surface area contributed by atoms with Crippen LogP contribution in [0.4, 0.5) is 0 Å². The molecular formula is C7H13NO. The highest BCUT2D eigenvalue weighted by Crippen LogP contribution is 2.27. The Morgan fingerprint density at radius 2 is 2.33 bits per heavy atom. The van der Waals surface area contributed by atoms with Crippen LogP contribution in [0.25, 0.3) is 0 Å². The highest BCUT2D eigenvalue weighted by molar-refractivity contribution is 4.89. The van der Waals surface area contributed by atoms with Gasteiger partial charge in [0.05, 0.1) is 6.10 Å². The van der Waals surface area contributed by atoms with Gasteiger partial charge in [-0.2, -0.15) is 0 Å². The van der Waals surface area contributed by atoms with Crippen LogP contribution in [-0.2, 0) is 0 Å². The molecule has 0 saturated carbocycles. The van der Waals surface area contributed by atoms with E-state index in [9.17, 15) is 5.11 Å². The minimum absolute atomic E-state index is 0.0182. The molecule has 2 saturated heterocycles. The van der Waals surface area contributed by atoms with E-state index in [2.05, 4.69) is 4.90 Å². The molecule has 2 heteroatoms. The van der Waals surface area contributed by atoms with Gasteiger partial charge < -0.3 is 5.11 Å². The minimum Gasteiger partial charge on any atom is -0.392 e. The molecule has 0 aromatic carbocycles. The van der Waals surface area contributed by atoms with Crippen LogP contribution in [0, 0.1) is 0 Å². The summed E-state index contributed by atoms with van der Waals surface area (Å²) in [6, 6.07) is 0.736. The summed E-state index contributed by atoms with van der Waals surface area (Å²) in [4.78, 5) is 2.41. The van der Waals surface area contributed by atoms with Gasteiger partial charge in [-0.1, -0.05) is 0 Å². The first-order valence-corrected chi connectivity index (χ1v) is 3.78. The van der Waals surface area contributed by atoms with Crippen LogP contribution in [0.1, 0.15) is 19.3 Å². The lowest BCUT2D eigenvalue weighted by Gasteiger charge is -2.11. The standard InChI is InChI=1S/C7H13NO/c9-7-4-6-2-1-3-8(6)5-7/h6-7,9H,1-5H2/t6-,7+/m0/s1. The van der Waals surface area contributed by atoms with Gasteiger partial charge in [0.15, 0.2) is 0 Å². The summed E-state index contributed by atoms with van der Waals surface area (Å²) in [5, 5.41) is 9.19. The maximum Gasteiger partial charge on any atom is 0.0682 e. The number of aliphatic hydroxyl groups is 1. The highest BCUT2D eigenvalue weighted by atomic mass is 16.3. The zero-order valence-corrected chi connectivity index (χ0v) is 5.58. The van der Waals surface area contributed by atoms with Gasteiger partial charge >= 0.3 is 0 Å². The largest absolute Gasteiger partial charge is 0.392 e. The average Bonchev–Trinajstić information content (AvgIpc) is 2.22. The number of fused-ring (bicyclic) bond motifs is 1. The summed E-state index contributed by atoms with van der Waals surface area (Å²) in [6.07, 6.45) is 3.67. The van der Waals surface area contributed by atoms with Crippen LogP contribution < -0.4 is 0 Å². The third-order valence-electron chi connectivity index (χ3n) is 2.49. The molecule has 0 bridgehead atoms. The molecule has 1 N–H and O–H groups in total. The number of hydrogen-bond acceptors (Lipinski definition) is 2. The van der Waals surface area contributed by atoms with Crippen molar-refractivity contribution in [1.29, 1.82) is 0 Å². The van der Waals surface area contributed by atoms with Gasteiger partial charge in [-0.3, -0.25) is 4.90 Å². The minimum atomic E-state index is -0.0182. The van der Waals surface area contributed by atoms with Gasteiger partial charge in [0.2, 0.25) is 0 Å². The predicted molar refractivity (Wildman–Crippen MR) is 35.2 cm³/mol. The van der Waals surface area contributed by atoms with Crippen LogP contribution in [0.15, 0.2) is 0 Å². The first-order chi connectivity index (χ1) is 4.36. The van der Waals surface area contributed by atoms with Crippen molar-refractivity contribution < 1.29 is 5.11 Å². The molecule has 0 aliphatic carbocycles. The van der Waals surface area contributed by atoms with Crippen molar-refractivity contribution >= 4 is 0 Å². The van der Waals surface area contributed by atoms with Crippen LogP contribution in [0.3, 0.4) is 0 Å². The Bertz CT molecular complexity index is 103. The number of hydrogen-bond donors (Lipinski definition) is 1. The Morgan fingerprint density at radius 1 is 1.44 bits per heavy atom. The van der Waals surface area contributed by atoms with Crippen LogP contribution in [0.5, 0.6) is 0 Å². The van der Waals surface area contributed by atoms with Crippen molar-refractivity contribution in [2.24, 2.45) is 0 Å². The maximum absolute atomic E-state index is 9.19. The van der Waals surface area contributed by atoms with Gasteiger partial charge in [-0.25, -0.2) is 0 Å². The van der Waals surface area contributed by atoms with E-state index in [1.165, 1.54) is 19.4 Å². The van der Waals surface area contributed by atoms with E-state index in [0.717, 1.165) is 19.0 Å². The summed E-state index contributed by atoms with van der Waals surface area (Å²) in [5.41, 5.74) is 0. The second-order valence-electron chi connectivity index (χ2n) is 3.18. The molecule has 2 nitrogen and oxygen atoms in total. The van der Waals surface area contributed by atoms with Gasteiger partial charge in [0, 0.05) is 12.6 Å². The van der Waals surface area contributed by atoms with E-state index in [1.54, 1.807) is 0 Å². The fourth-order valence-corrected chi connectivity index (χ4v) is 2.06. The third kappa shape index (κ3) is 0.864. The molecule has 0 unspecified atom stereocenters. The molecule has 2 aliphatic rings. The van der Waals surface area contributed by atoms with Gasteiger partial charge in [-0.15, -0.1) is 0 Å². The summed E-state index contributed by atoms with van der Waals surface area (Å²) < 4.78 is 0. The van der Waals surface area contributed by atoms with Crippen molar-refractivity contribution in [3.63, 3.8) is 0 Å². The number of nitrogens with zero attached hydrogens (tertiary/aromatic N) is 1. The molecule has 2 rings (SSSR count). The highest BCUT2D eigenvalue weighted by Gasteiger charge is 2.33. The zero-order chi connectivity index (χ0) is 6.27. The van der Waals surface area contributed by atoms with Crippen LogP contribution in [-0.4, -0.2) is 35.2 Å². The normalized spacial score (nSPS) is 43.7. The lowest BCUT2D eigenvalue weighted by molar-refractivity contribution is 0.177. The maximum atomic E-state index is 9.19. The van der Waals surface area contributed by atoms with E-state index >= 15 is 0 Å². The molecule has 2 heterocycles. The third-order valence-corrected chi connectivity index (χ3v) is 2.49. The van der Waals surface area contributed by atoms with Crippen molar-refractivity contribution in [2.75, 3.05) is 13.1 Å². The molecule has 0 spiro atoms. The van der Waals surface area contributed by atoms with E-state index in [0.29, 0.717) is 0 Å². The monoisotopic (exact) mass is 127 g/mol. The second kappa shape index (κ2) is 1.96. The van der Waals surface area contributed by atoms with E-state index in [1.807, 2.05) is 0 Å². The fraction of sp³-hybridized carbons (Fsp3) is 1.00. The topological polar surface area (TPSA) is 23.5 Å². The first kappa shape index (κ1) is 5.69. The Labute approximate surface area is 55.5 Å². The fourth-order valence-electron chi connectivity index (χ4n) is 2.06. The van der Waals surface area contributed by atoms with E-state index < -0.39 is 0 Å². The van der Waals surface area contributed by atoms with Gasteiger partial charge in [0.25, 0.3) is 0 Å². The first-order valence-electron chi connectivity index (χ1n) is 3.78. The molecule has 0 radical (unpaired) electrons. The van der Waals surface area contributed by atoms with E-state index in [4.69, 9.17) is 0 Å². The summed E-state index contributed by atoms with van der Waals surface area (Å²) in [5.74, 6) is 0. The molecule has 9 heavy (non-hydrogen) atoms. The van der Waals surface area contributed by atoms with Gasteiger partial charge in [-0.05, 0) is 25.8 Å². The van der Waals surface area contributed by atoms with Crippen LogP contribution >= 0.6 is 0 Å². The van der Waals surface area contributed by atoms with Crippen molar-refractivity contribution in [3.05, 3.63) is 0 Å². The molecule has 2 atom stereocenters. The Morgan fingerprint density at radius 3 is 3.11 bits per heavy atom. The second-order valence-corrected chi connectivity index (χ2v) is 3.18. The summed E-state index contributed by atoms with van der Waals surface area (Å²) >= 11 is 0. The molecule has 0 aromatic rings. The predicted octanol–water partition coefficient (Wildman–Crippen LogP) is 0.215. The molecule has 0 aromatic heterocycles. The Balaban J connectivity index is 2.02. The Kier molecular flexibility index (Phi) is 1.24. The molecular weight excluding hydrogens is 114 g/mol. The lowest BCUT2D eigenvalue weighted by atomic mass is 10.1. The SMILES string of the molecule is O[C@@H]1C[C@@H]2CCCN2C1. The van der Waals surface area contributed by atoms with Crippen molar-refractivity contribution in [1.82, 2.24) is 4.90 Å². The van der Waals surface area contributed by atoms with Crippen molar-refractivity contribution in [2.45, 2.75) is 31.4 Å². The Hall–Kier alpha value is -0.0800. The quantitative estimate of drug-likeness (QED) is 0.503. The number of rotatable bonds is 0. The van der Waals surface area contributed by atoms with Gasteiger partial charge in [0.1, 0.15) is 0 Å². The van der Waals surface area contributed by atoms with E-state index in [-0.39, 0.29) is 6.10 Å². The zero-order valence-electron chi connectivity index (χ0n) is 5.58. The number of aliphatic hydroxyl groups excluding tert-OH is 1. The lowest BCUT2D eigenvalue weighted by Crippen LogP contribution is -2.23. The molecule has 0 amide bonds.